The van der Waals surface area contributed by atoms with Gasteiger partial charge >= 0.3 is 12.2 Å². The molecule has 0 saturated carbocycles. The Morgan fingerprint density at radius 3 is 2.53 bits per heavy atom. The normalized spacial score (nSPS) is 13.7. The minimum atomic E-state index is -0.962. The van der Waals surface area contributed by atoms with Gasteiger partial charge in [-0.25, -0.2) is 9.59 Å². The number of methoxy groups -OCH3 is 2. The number of nitrogens with one attached hydrogen (secondary N) is 3. The summed E-state index contributed by atoms with van der Waals surface area (Å²) in [4.78, 5) is 47.4. The van der Waals surface area contributed by atoms with Gasteiger partial charge in [0.1, 0.15) is 0 Å². The van der Waals surface area contributed by atoms with Gasteiger partial charge in [0.05, 0.1) is 25.5 Å². The second kappa shape index (κ2) is 9.96. The Kier molecular flexibility index (Phi) is 7.11. The van der Waals surface area contributed by atoms with Crippen LogP contribution in [0.2, 0.25) is 0 Å². The average Bonchev–Trinajstić information content (AvgIpc) is 2.77. The summed E-state index contributed by atoms with van der Waals surface area (Å²) in [6, 6.07) is 9.75. The minimum absolute atomic E-state index is 0.0458. The topological polar surface area (TPSA) is 132 Å². The largest absolute Gasteiger partial charge is 0.513 e. The number of rotatable bonds is 5. The molecule has 2 aromatic rings. The highest BCUT2D eigenvalue weighted by Gasteiger charge is 2.27. The van der Waals surface area contributed by atoms with Gasteiger partial charge in [0.15, 0.2) is 5.75 Å². The number of benzene rings is 2. The van der Waals surface area contributed by atoms with Gasteiger partial charge in [-0.05, 0) is 35.9 Å². The Morgan fingerprint density at radius 2 is 1.81 bits per heavy atom. The van der Waals surface area contributed by atoms with Crippen molar-refractivity contribution >= 4 is 51.3 Å². The Morgan fingerprint density at radius 1 is 1.03 bits per heavy atom. The molecule has 0 radical (unpaired) electrons. The van der Waals surface area contributed by atoms with Crippen LogP contribution in [0.15, 0.2) is 47.1 Å². The minimum Gasteiger partial charge on any atom is -0.453 e. The third-order valence-electron chi connectivity index (χ3n) is 4.37. The number of anilines is 1. The lowest BCUT2D eigenvalue weighted by Gasteiger charge is -2.18. The van der Waals surface area contributed by atoms with E-state index in [9.17, 15) is 19.2 Å². The van der Waals surface area contributed by atoms with Crippen LogP contribution in [0, 0.1) is 0 Å². The van der Waals surface area contributed by atoms with Crippen LogP contribution in [-0.2, 0) is 20.8 Å². The summed E-state index contributed by atoms with van der Waals surface area (Å²) in [5.41, 5.74) is 2.03. The van der Waals surface area contributed by atoms with Crippen molar-refractivity contribution in [3.63, 3.8) is 0 Å². The molecule has 0 atom stereocenters. The van der Waals surface area contributed by atoms with E-state index in [2.05, 4.69) is 41.4 Å². The van der Waals surface area contributed by atoms with E-state index in [4.69, 9.17) is 4.74 Å². The molecular formula is C21H18BrN3O7. The maximum atomic E-state index is 12.3. The number of carbonyl (C=O) groups is 4. The van der Waals surface area contributed by atoms with Crippen LogP contribution in [0.3, 0.4) is 0 Å². The van der Waals surface area contributed by atoms with Crippen LogP contribution in [-0.4, -0.2) is 38.3 Å². The molecule has 0 saturated heterocycles. The first-order valence-corrected chi connectivity index (χ1v) is 9.94. The van der Waals surface area contributed by atoms with Crippen molar-refractivity contribution in [3.8, 4) is 5.75 Å². The molecule has 10 nitrogen and oxygen atoms in total. The van der Waals surface area contributed by atoms with Crippen molar-refractivity contribution in [2.24, 2.45) is 0 Å². The predicted molar refractivity (Wildman–Crippen MR) is 117 cm³/mol. The number of imide groups is 1. The zero-order valence-corrected chi connectivity index (χ0v) is 18.6. The van der Waals surface area contributed by atoms with Gasteiger partial charge in [-0.3, -0.25) is 20.2 Å². The Hall–Kier alpha value is -3.86. The molecule has 2 aromatic carbocycles. The summed E-state index contributed by atoms with van der Waals surface area (Å²) in [6.07, 6.45) is -0.206. The summed E-state index contributed by atoms with van der Waals surface area (Å²) in [5.74, 6) is -0.946. The average molecular weight is 504 g/mol. The number of hydrogen-bond acceptors (Lipinski definition) is 8. The number of carbonyl (C=O) groups excluding carboxylic acids is 4. The zero-order valence-electron chi connectivity index (χ0n) is 17.0. The summed E-state index contributed by atoms with van der Waals surface area (Å²) in [6.45, 7) is 0.240. The van der Waals surface area contributed by atoms with E-state index in [1.807, 2.05) is 0 Å². The van der Waals surface area contributed by atoms with E-state index < -0.39 is 24.1 Å². The van der Waals surface area contributed by atoms with Crippen LogP contribution < -0.4 is 20.7 Å². The quantitative estimate of drug-likeness (QED) is 0.245. The van der Waals surface area contributed by atoms with Gasteiger partial charge in [0.2, 0.25) is 0 Å². The van der Waals surface area contributed by atoms with Crippen molar-refractivity contribution in [2.75, 3.05) is 19.5 Å². The summed E-state index contributed by atoms with van der Waals surface area (Å²) < 4.78 is 14.9. The van der Waals surface area contributed by atoms with Crippen LogP contribution >= 0.6 is 15.9 Å². The Labute approximate surface area is 191 Å². The van der Waals surface area contributed by atoms with Crippen molar-refractivity contribution in [2.45, 2.75) is 6.54 Å². The second-order valence-corrected chi connectivity index (χ2v) is 7.33. The molecule has 3 amide bonds. The van der Waals surface area contributed by atoms with Gasteiger partial charge in [0.25, 0.3) is 11.8 Å². The number of halogens is 1. The molecule has 1 aliphatic rings. The maximum absolute atomic E-state index is 12.3. The lowest BCUT2D eigenvalue weighted by Crippen LogP contribution is -2.37. The number of hydrogen-bond donors (Lipinski definition) is 3. The fraction of sp³-hybridized carbons (Fsp3) is 0.143. The van der Waals surface area contributed by atoms with Gasteiger partial charge in [-0.2, -0.15) is 0 Å². The van der Waals surface area contributed by atoms with E-state index in [0.717, 1.165) is 11.6 Å². The van der Waals surface area contributed by atoms with Crippen LogP contribution in [0.5, 0.6) is 5.75 Å². The van der Waals surface area contributed by atoms with Crippen LogP contribution in [0.1, 0.15) is 21.5 Å². The Balaban J connectivity index is 1.82. The van der Waals surface area contributed by atoms with E-state index in [1.54, 1.807) is 24.3 Å². The van der Waals surface area contributed by atoms with E-state index in [0.29, 0.717) is 16.7 Å². The highest BCUT2D eigenvalue weighted by molar-refractivity contribution is 9.10. The van der Waals surface area contributed by atoms with Crippen LogP contribution in [0.4, 0.5) is 15.3 Å². The van der Waals surface area contributed by atoms with Gasteiger partial charge in [-0.1, -0.05) is 22.0 Å². The third-order valence-corrected chi connectivity index (χ3v) is 4.86. The molecule has 0 fully saturated rings. The predicted octanol–water partition coefficient (Wildman–Crippen LogP) is 3.17. The standard InChI is InChI=1S/C21H18BrN3O7/c1-30-20(28)24-16-6-3-11(7-17(16)32-21(29)31-2)9-23-10-15-14-8-12(22)4-5-13(14)18(26)25-19(15)27/h3-8,10,23H,9H2,1-2H3,(H,24,28)(H,25,26,27)/b15-10-. The monoisotopic (exact) mass is 503 g/mol. The smallest absolute Gasteiger partial charge is 0.453 e. The molecule has 3 N–H and O–H groups in total. The first kappa shape index (κ1) is 22.8. The Bertz CT molecular complexity index is 1130. The zero-order chi connectivity index (χ0) is 23.3. The molecule has 1 heterocycles. The molecule has 0 spiro atoms. The summed E-state index contributed by atoms with van der Waals surface area (Å²) >= 11 is 3.34. The van der Waals surface area contributed by atoms with Crippen molar-refractivity contribution in [1.29, 1.82) is 0 Å². The summed E-state index contributed by atoms with van der Waals surface area (Å²) in [5, 5.41) is 7.74. The van der Waals surface area contributed by atoms with Gasteiger partial charge in [-0.15, -0.1) is 0 Å². The molecule has 1 aliphatic heterocycles. The fourth-order valence-corrected chi connectivity index (χ4v) is 3.23. The second-order valence-electron chi connectivity index (χ2n) is 6.42. The molecule has 11 heteroatoms. The van der Waals surface area contributed by atoms with E-state index >= 15 is 0 Å². The summed E-state index contributed by atoms with van der Waals surface area (Å²) in [7, 11) is 2.36. The lowest BCUT2D eigenvalue weighted by molar-refractivity contribution is -0.114. The SMILES string of the molecule is COC(=O)Nc1ccc(CN/C=C2\C(=O)NC(=O)c3ccc(Br)cc32)cc1OC(=O)OC. The molecule has 166 valence electrons. The maximum Gasteiger partial charge on any atom is 0.513 e. The van der Waals surface area contributed by atoms with Crippen molar-refractivity contribution in [3.05, 3.63) is 63.8 Å². The van der Waals surface area contributed by atoms with Crippen molar-refractivity contribution < 1.29 is 33.4 Å². The molecule has 0 unspecified atom stereocenters. The first-order valence-electron chi connectivity index (χ1n) is 9.15. The number of amides is 3. The highest BCUT2D eigenvalue weighted by atomic mass is 79.9. The molecule has 0 aliphatic carbocycles. The van der Waals surface area contributed by atoms with Gasteiger partial charge in [0, 0.05) is 28.3 Å². The number of fused-ring (bicyclic) bond motifs is 1. The molecule has 3 rings (SSSR count). The van der Waals surface area contributed by atoms with Crippen molar-refractivity contribution in [1.82, 2.24) is 10.6 Å². The fourth-order valence-electron chi connectivity index (χ4n) is 2.87. The van der Waals surface area contributed by atoms with E-state index in [1.165, 1.54) is 25.4 Å². The highest BCUT2D eigenvalue weighted by Crippen LogP contribution is 2.28. The molecule has 0 bridgehead atoms. The van der Waals surface area contributed by atoms with Gasteiger partial charge < -0.3 is 19.5 Å². The molecular weight excluding hydrogens is 486 g/mol. The first-order chi connectivity index (χ1) is 15.3. The van der Waals surface area contributed by atoms with Crippen LogP contribution in [0.25, 0.3) is 5.57 Å². The number of ether oxygens (including phenoxy) is 3. The third kappa shape index (κ3) is 5.24. The molecule has 0 aromatic heterocycles. The van der Waals surface area contributed by atoms with E-state index in [-0.39, 0.29) is 23.6 Å². The lowest BCUT2D eigenvalue weighted by atomic mass is 9.95. The molecule has 32 heavy (non-hydrogen) atoms.